The van der Waals surface area contributed by atoms with Crippen molar-refractivity contribution in [1.82, 2.24) is 9.97 Å². The largest absolute Gasteiger partial charge is 0.435 e. The Morgan fingerprint density at radius 2 is 1.67 bits per heavy atom. The van der Waals surface area contributed by atoms with Gasteiger partial charge in [-0.1, -0.05) is 18.2 Å². The van der Waals surface area contributed by atoms with E-state index in [0.29, 0.717) is 22.6 Å². The van der Waals surface area contributed by atoms with Crippen LogP contribution in [0, 0.1) is 0 Å². The number of benzene rings is 2. The van der Waals surface area contributed by atoms with Crippen molar-refractivity contribution in [2.45, 2.75) is 0 Å². The van der Waals surface area contributed by atoms with Crippen LogP contribution in [-0.2, 0) is 0 Å². The fourth-order valence-electron chi connectivity index (χ4n) is 2.64. The van der Waals surface area contributed by atoms with E-state index in [1.807, 2.05) is 36.4 Å². The van der Waals surface area contributed by atoms with Crippen molar-refractivity contribution in [3.63, 3.8) is 0 Å². The molecule has 4 aromatic rings. The van der Waals surface area contributed by atoms with E-state index in [4.69, 9.17) is 10.2 Å². The molecule has 0 atom stereocenters. The predicted octanol–water partition coefficient (Wildman–Crippen LogP) is 3.66. The van der Waals surface area contributed by atoms with Gasteiger partial charge in [-0.25, -0.2) is 4.98 Å². The van der Waals surface area contributed by atoms with E-state index in [-0.39, 0.29) is 0 Å². The molecule has 0 aliphatic heterocycles. The van der Waals surface area contributed by atoms with Crippen LogP contribution in [0.4, 0.5) is 0 Å². The van der Waals surface area contributed by atoms with Gasteiger partial charge in [0.1, 0.15) is 5.52 Å². The number of oxazole rings is 1. The highest BCUT2D eigenvalue weighted by atomic mass is 16.3. The molecule has 0 spiro atoms. The minimum atomic E-state index is -0.533. The smallest absolute Gasteiger partial charge is 0.252 e. The van der Waals surface area contributed by atoms with Crippen LogP contribution in [0.2, 0.25) is 0 Å². The van der Waals surface area contributed by atoms with Crippen molar-refractivity contribution in [3.8, 4) is 22.6 Å². The normalized spacial score (nSPS) is 10.8. The second kappa shape index (κ2) is 5.62. The molecule has 2 aromatic carbocycles. The third-order valence-electron chi connectivity index (χ3n) is 3.80. The number of para-hydroxylation sites is 1. The summed E-state index contributed by atoms with van der Waals surface area (Å²) in [6, 6.07) is 16.9. The summed E-state index contributed by atoms with van der Waals surface area (Å²) < 4.78 is 5.81. The van der Waals surface area contributed by atoms with Gasteiger partial charge in [0, 0.05) is 18.0 Å². The van der Waals surface area contributed by atoms with Crippen LogP contribution in [0.5, 0.6) is 0 Å². The average Bonchev–Trinajstić information content (AvgIpc) is 3.06. The fourth-order valence-corrected chi connectivity index (χ4v) is 2.64. The maximum atomic E-state index is 11.5. The summed E-state index contributed by atoms with van der Waals surface area (Å²) in [6.45, 7) is 0. The van der Waals surface area contributed by atoms with Gasteiger partial charge < -0.3 is 10.2 Å². The molecule has 5 heteroatoms. The number of carbonyl (C=O) groups is 1. The molecule has 2 N–H and O–H groups in total. The molecule has 0 aliphatic rings. The van der Waals surface area contributed by atoms with Crippen LogP contribution in [0.15, 0.2) is 71.4 Å². The van der Waals surface area contributed by atoms with Crippen molar-refractivity contribution < 1.29 is 9.21 Å². The lowest BCUT2D eigenvalue weighted by molar-refractivity contribution is 0.100. The van der Waals surface area contributed by atoms with Gasteiger partial charge in [-0.15, -0.1) is 0 Å². The molecule has 5 nitrogen and oxygen atoms in total. The zero-order valence-electron chi connectivity index (χ0n) is 12.6. The van der Waals surface area contributed by atoms with Crippen molar-refractivity contribution >= 4 is 17.0 Å². The minimum absolute atomic E-state index is 0.330. The number of primary amides is 1. The molecular formula is C19H13N3O2. The molecule has 24 heavy (non-hydrogen) atoms. The van der Waals surface area contributed by atoms with Gasteiger partial charge in [0.25, 0.3) is 5.91 Å². The first-order valence-corrected chi connectivity index (χ1v) is 7.42. The SMILES string of the molecule is NC(=O)c1cccc2nc(-c3cccc(-c4ccncc4)c3)oc12. The number of pyridine rings is 1. The van der Waals surface area contributed by atoms with E-state index >= 15 is 0 Å². The third kappa shape index (κ3) is 2.42. The highest BCUT2D eigenvalue weighted by molar-refractivity contribution is 6.03. The zero-order valence-corrected chi connectivity index (χ0v) is 12.6. The Bertz CT molecular complexity index is 1040. The van der Waals surface area contributed by atoms with E-state index in [1.54, 1.807) is 30.6 Å². The van der Waals surface area contributed by atoms with E-state index in [1.165, 1.54) is 0 Å². The van der Waals surface area contributed by atoms with Gasteiger partial charge in [0.15, 0.2) is 5.58 Å². The van der Waals surface area contributed by atoms with Gasteiger partial charge in [-0.2, -0.15) is 0 Å². The van der Waals surface area contributed by atoms with Crippen LogP contribution in [0.3, 0.4) is 0 Å². The van der Waals surface area contributed by atoms with Crippen molar-refractivity contribution in [1.29, 1.82) is 0 Å². The topological polar surface area (TPSA) is 82.0 Å². The van der Waals surface area contributed by atoms with Gasteiger partial charge in [-0.05, 0) is 47.5 Å². The molecule has 0 saturated carbocycles. The average molecular weight is 315 g/mol. The summed E-state index contributed by atoms with van der Waals surface area (Å²) in [5, 5.41) is 0. The molecule has 2 aromatic heterocycles. The second-order valence-electron chi connectivity index (χ2n) is 5.35. The molecule has 0 fully saturated rings. The Hall–Kier alpha value is -3.47. The Morgan fingerprint density at radius 1 is 0.917 bits per heavy atom. The van der Waals surface area contributed by atoms with Gasteiger partial charge >= 0.3 is 0 Å². The fraction of sp³-hybridized carbons (Fsp3) is 0. The van der Waals surface area contributed by atoms with Gasteiger partial charge in [0.2, 0.25) is 5.89 Å². The number of hydrogen-bond donors (Lipinski definition) is 1. The molecule has 0 aliphatic carbocycles. The quantitative estimate of drug-likeness (QED) is 0.625. The number of fused-ring (bicyclic) bond motifs is 1. The maximum absolute atomic E-state index is 11.5. The Labute approximate surface area is 137 Å². The molecule has 1 amide bonds. The predicted molar refractivity (Wildman–Crippen MR) is 91.2 cm³/mol. The summed E-state index contributed by atoms with van der Waals surface area (Å²) in [6.07, 6.45) is 3.50. The second-order valence-corrected chi connectivity index (χ2v) is 5.35. The Kier molecular flexibility index (Phi) is 3.31. The van der Waals surface area contributed by atoms with Crippen LogP contribution in [0.1, 0.15) is 10.4 Å². The standard InChI is InChI=1S/C19H13N3O2/c20-18(23)15-5-2-6-16-17(15)24-19(22-16)14-4-1-3-13(11-14)12-7-9-21-10-8-12/h1-11H,(H2,20,23). The van der Waals surface area contributed by atoms with Crippen molar-refractivity contribution in [2.75, 3.05) is 0 Å². The van der Waals surface area contributed by atoms with E-state index in [9.17, 15) is 4.79 Å². The monoisotopic (exact) mass is 315 g/mol. The van der Waals surface area contributed by atoms with Crippen LogP contribution in [-0.4, -0.2) is 15.9 Å². The summed E-state index contributed by atoms with van der Waals surface area (Å²) in [4.78, 5) is 20.0. The molecule has 0 bridgehead atoms. The minimum Gasteiger partial charge on any atom is -0.435 e. The highest BCUT2D eigenvalue weighted by Gasteiger charge is 2.14. The molecule has 0 saturated heterocycles. The lowest BCUT2D eigenvalue weighted by Crippen LogP contribution is -2.10. The Balaban J connectivity index is 1.84. The number of nitrogens with two attached hydrogens (primary N) is 1. The van der Waals surface area contributed by atoms with Gasteiger partial charge in [-0.3, -0.25) is 9.78 Å². The molecule has 4 rings (SSSR count). The number of amides is 1. The van der Waals surface area contributed by atoms with Gasteiger partial charge in [0.05, 0.1) is 5.56 Å². The number of aromatic nitrogens is 2. The first-order chi connectivity index (χ1) is 11.7. The molecule has 0 radical (unpaired) electrons. The van der Waals surface area contributed by atoms with E-state index in [0.717, 1.165) is 16.7 Å². The zero-order chi connectivity index (χ0) is 16.5. The maximum Gasteiger partial charge on any atom is 0.252 e. The number of hydrogen-bond acceptors (Lipinski definition) is 4. The van der Waals surface area contributed by atoms with E-state index < -0.39 is 5.91 Å². The number of nitrogens with zero attached hydrogens (tertiary/aromatic N) is 2. The summed E-state index contributed by atoms with van der Waals surface area (Å²) in [5.74, 6) is -0.0801. The molecule has 0 unspecified atom stereocenters. The third-order valence-corrected chi connectivity index (χ3v) is 3.80. The summed E-state index contributed by atoms with van der Waals surface area (Å²) in [5.41, 5.74) is 9.66. The first-order valence-electron chi connectivity index (χ1n) is 7.42. The van der Waals surface area contributed by atoms with Crippen LogP contribution < -0.4 is 5.73 Å². The lowest BCUT2D eigenvalue weighted by atomic mass is 10.0. The first kappa shape index (κ1) is 14.1. The van der Waals surface area contributed by atoms with Crippen LogP contribution in [0.25, 0.3) is 33.7 Å². The molecule has 116 valence electrons. The lowest BCUT2D eigenvalue weighted by Gasteiger charge is -2.02. The molecule has 2 heterocycles. The Morgan fingerprint density at radius 3 is 2.46 bits per heavy atom. The number of rotatable bonds is 3. The number of carbonyl (C=O) groups excluding carboxylic acids is 1. The summed E-state index contributed by atoms with van der Waals surface area (Å²) in [7, 11) is 0. The van der Waals surface area contributed by atoms with E-state index in [2.05, 4.69) is 9.97 Å². The molecular weight excluding hydrogens is 302 g/mol. The van der Waals surface area contributed by atoms with Crippen molar-refractivity contribution in [2.24, 2.45) is 5.73 Å². The van der Waals surface area contributed by atoms with Crippen LogP contribution >= 0.6 is 0 Å². The van der Waals surface area contributed by atoms with Crippen molar-refractivity contribution in [3.05, 3.63) is 72.6 Å². The summed E-state index contributed by atoms with van der Waals surface area (Å²) >= 11 is 0. The highest BCUT2D eigenvalue weighted by Crippen LogP contribution is 2.29.